The zero-order valence-electron chi connectivity index (χ0n) is 12.8. The van der Waals surface area contributed by atoms with Gasteiger partial charge in [0.15, 0.2) is 0 Å². The number of carbonyl (C=O) groups excluding carboxylic acids is 3. The van der Waals surface area contributed by atoms with Gasteiger partial charge < -0.3 is 14.2 Å². The molecule has 0 aromatic heterocycles. The molecule has 0 unspecified atom stereocenters. The number of ether oxygens (including phenoxy) is 3. The van der Waals surface area contributed by atoms with Gasteiger partial charge >= 0.3 is 17.9 Å². The van der Waals surface area contributed by atoms with Gasteiger partial charge in [-0.05, 0) is 30.7 Å². The van der Waals surface area contributed by atoms with Crippen LogP contribution in [0.15, 0.2) is 23.8 Å². The van der Waals surface area contributed by atoms with Gasteiger partial charge in [0.05, 0.1) is 17.2 Å². The Morgan fingerprint density at radius 3 is 2.39 bits per heavy atom. The fraction of sp³-hybridized carbons (Fsp3) is 0.312. The molecule has 1 aliphatic rings. The number of carbonyl (C=O) groups is 3. The van der Waals surface area contributed by atoms with Gasteiger partial charge in [-0.25, -0.2) is 14.4 Å². The van der Waals surface area contributed by atoms with Crippen LogP contribution in [0, 0.1) is 0 Å². The van der Waals surface area contributed by atoms with Crippen LogP contribution in [-0.2, 0) is 23.8 Å². The Morgan fingerprint density at radius 2 is 1.87 bits per heavy atom. The smallest absolute Gasteiger partial charge is 0.348 e. The highest BCUT2D eigenvalue weighted by molar-refractivity contribution is 6.33. The van der Waals surface area contributed by atoms with Crippen LogP contribution in [0.4, 0.5) is 0 Å². The van der Waals surface area contributed by atoms with E-state index < -0.39 is 23.7 Å². The lowest BCUT2D eigenvalue weighted by Gasteiger charge is -2.29. The summed E-state index contributed by atoms with van der Waals surface area (Å²) in [6, 6.07) is 4.43. The quantitative estimate of drug-likeness (QED) is 0.479. The van der Waals surface area contributed by atoms with Crippen LogP contribution in [0.3, 0.4) is 0 Å². The molecule has 122 valence electrons. The van der Waals surface area contributed by atoms with Gasteiger partial charge in [0.2, 0.25) is 0 Å². The van der Waals surface area contributed by atoms with E-state index in [1.165, 1.54) is 38.1 Å². The van der Waals surface area contributed by atoms with Crippen LogP contribution in [0.1, 0.15) is 36.7 Å². The van der Waals surface area contributed by atoms with Crippen LogP contribution in [0.25, 0.3) is 6.08 Å². The lowest BCUT2D eigenvalue weighted by atomic mass is 10.1. The minimum absolute atomic E-state index is 0.149. The normalized spacial score (nSPS) is 16.4. The molecule has 0 spiro atoms. The summed E-state index contributed by atoms with van der Waals surface area (Å²) < 4.78 is 14.9. The van der Waals surface area contributed by atoms with Gasteiger partial charge in [-0.15, -0.1) is 0 Å². The standard InChI is InChI=1S/C16H15ClO6/c1-4-21-13(18)10-6-5-9(8-12(10)17)7-11-14(19)22-16(2,3)23-15(11)20/h5-8H,4H2,1-3H3. The Bertz CT molecular complexity index is 683. The molecule has 0 radical (unpaired) electrons. The van der Waals surface area contributed by atoms with Gasteiger partial charge in [0.1, 0.15) is 5.57 Å². The van der Waals surface area contributed by atoms with Crippen molar-refractivity contribution in [3.63, 3.8) is 0 Å². The Kier molecular flexibility index (Phi) is 4.75. The molecule has 1 fully saturated rings. The second kappa shape index (κ2) is 6.42. The van der Waals surface area contributed by atoms with Gasteiger partial charge in [0, 0.05) is 13.8 Å². The molecule has 0 bridgehead atoms. The molecular formula is C16H15ClO6. The maximum Gasteiger partial charge on any atom is 0.348 e. The van der Waals surface area contributed by atoms with E-state index >= 15 is 0 Å². The summed E-state index contributed by atoms with van der Waals surface area (Å²) in [6.07, 6.45) is 1.29. The molecule has 0 atom stereocenters. The van der Waals surface area contributed by atoms with E-state index in [1.807, 2.05) is 0 Å². The van der Waals surface area contributed by atoms with Crippen LogP contribution >= 0.6 is 11.6 Å². The van der Waals surface area contributed by atoms with Crippen molar-refractivity contribution in [1.29, 1.82) is 0 Å². The molecule has 1 aromatic carbocycles. The minimum Gasteiger partial charge on any atom is -0.462 e. The van der Waals surface area contributed by atoms with Crippen molar-refractivity contribution in [3.05, 3.63) is 39.9 Å². The van der Waals surface area contributed by atoms with Crippen molar-refractivity contribution >= 4 is 35.6 Å². The van der Waals surface area contributed by atoms with Gasteiger partial charge in [-0.2, -0.15) is 0 Å². The summed E-state index contributed by atoms with van der Waals surface area (Å²) in [6.45, 7) is 4.84. The van der Waals surface area contributed by atoms with Crippen molar-refractivity contribution in [3.8, 4) is 0 Å². The van der Waals surface area contributed by atoms with Gasteiger partial charge in [-0.3, -0.25) is 0 Å². The number of rotatable bonds is 3. The summed E-state index contributed by atoms with van der Waals surface area (Å²) in [5.74, 6) is -3.40. The predicted octanol–water partition coefficient (Wildman–Crippen LogP) is 2.74. The molecule has 1 heterocycles. The fourth-order valence-corrected chi connectivity index (χ4v) is 2.21. The number of benzene rings is 1. The second-order valence-electron chi connectivity index (χ2n) is 5.20. The third-order valence-corrected chi connectivity index (χ3v) is 3.23. The Hall–Kier alpha value is -2.34. The van der Waals surface area contributed by atoms with Crippen molar-refractivity contribution in [2.45, 2.75) is 26.6 Å². The van der Waals surface area contributed by atoms with Gasteiger partial charge in [0.25, 0.3) is 5.79 Å². The maximum absolute atomic E-state index is 11.9. The maximum atomic E-state index is 11.9. The highest BCUT2D eigenvalue weighted by Crippen LogP contribution is 2.26. The average molecular weight is 339 g/mol. The summed E-state index contributed by atoms with van der Waals surface area (Å²) in [5.41, 5.74) is 0.404. The average Bonchev–Trinajstić information content (AvgIpc) is 2.42. The lowest BCUT2D eigenvalue weighted by molar-refractivity contribution is -0.222. The van der Waals surface area contributed by atoms with E-state index in [1.54, 1.807) is 6.92 Å². The third-order valence-electron chi connectivity index (χ3n) is 2.92. The van der Waals surface area contributed by atoms with E-state index in [4.69, 9.17) is 25.8 Å². The van der Waals surface area contributed by atoms with E-state index in [2.05, 4.69) is 0 Å². The first-order chi connectivity index (χ1) is 10.7. The zero-order chi connectivity index (χ0) is 17.2. The molecule has 1 aromatic rings. The molecular weight excluding hydrogens is 324 g/mol. The highest BCUT2D eigenvalue weighted by atomic mass is 35.5. The van der Waals surface area contributed by atoms with Crippen LogP contribution in [0.2, 0.25) is 5.02 Å². The van der Waals surface area contributed by atoms with Gasteiger partial charge in [-0.1, -0.05) is 17.7 Å². The van der Waals surface area contributed by atoms with Crippen molar-refractivity contribution in [2.24, 2.45) is 0 Å². The minimum atomic E-state index is -1.29. The molecule has 7 heteroatoms. The molecule has 1 saturated heterocycles. The SMILES string of the molecule is CCOC(=O)c1ccc(C=C2C(=O)OC(C)(C)OC2=O)cc1Cl. The van der Waals surface area contributed by atoms with E-state index in [0.29, 0.717) is 5.56 Å². The fourth-order valence-electron chi connectivity index (χ4n) is 1.94. The molecule has 0 amide bonds. The Labute approximate surface area is 138 Å². The van der Waals surface area contributed by atoms with E-state index in [-0.39, 0.29) is 22.8 Å². The predicted molar refractivity (Wildman–Crippen MR) is 81.6 cm³/mol. The summed E-state index contributed by atoms with van der Waals surface area (Å²) in [5, 5.41) is 0.149. The zero-order valence-corrected chi connectivity index (χ0v) is 13.6. The first-order valence-electron chi connectivity index (χ1n) is 6.88. The van der Waals surface area contributed by atoms with E-state index in [0.717, 1.165) is 0 Å². The first-order valence-corrected chi connectivity index (χ1v) is 7.26. The Morgan fingerprint density at radius 1 is 1.26 bits per heavy atom. The topological polar surface area (TPSA) is 78.9 Å². The summed E-state index contributed by atoms with van der Waals surface area (Å²) in [7, 11) is 0. The molecule has 2 rings (SSSR count). The number of hydrogen-bond acceptors (Lipinski definition) is 6. The molecule has 1 aliphatic heterocycles. The third kappa shape index (κ3) is 3.90. The summed E-state index contributed by atoms with van der Waals surface area (Å²) >= 11 is 6.03. The van der Waals surface area contributed by atoms with Crippen molar-refractivity contribution < 1.29 is 28.6 Å². The molecule has 0 aliphatic carbocycles. The van der Waals surface area contributed by atoms with Crippen molar-refractivity contribution in [1.82, 2.24) is 0 Å². The summed E-state index contributed by atoms with van der Waals surface area (Å²) in [4.78, 5) is 35.4. The number of cyclic esters (lactones) is 2. The lowest BCUT2D eigenvalue weighted by Crippen LogP contribution is -2.41. The largest absolute Gasteiger partial charge is 0.462 e. The molecule has 0 N–H and O–H groups in total. The van der Waals surface area contributed by atoms with E-state index in [9.17, 15) is 14.4 Å². The molecule has 23 heavy (non-hydrogen) atoms. The number of halogens is 1. The highest BCUT2D eigenvalue weighted by Gasteiger charge is 2.38. The van der Waals surface area contributed by atoms with Crippen LogP contribution < -0.4 is 0 Å². The molecule has 0 saturated carbocycles. The molecule has 6 nitrogen and oxygen atoms in total. The first kappa shape index (κ1) is 17.0. The number of hydrogen-bond donors (Lipinski definition) is 0. The van der Waals surface area contributed by atoms with Crippen LogP contribution in [0.5, 0.6) is 0 Å². The van der Waals surface area contributed by atoms with Crippen molar-refractivity contribution in [2.75, 3.05) is 6.61 Å². The number of esters is 3. The monoisotopic (exact) mass is 338 g/mol. The van der Waals surface area contributed by atoms with Crippen LogP contribution in [-0.4, -0.2) is 30.3 Å². The Balaban J connectivity index is 2.30. The second-order valence-corrected chi connectivity index (χ2v) is 5.60.